The number of anilines is 1. The zero-order valence-electron chi connectivity index (χ0n) is 16.9. The van der Waals surface area contributed by atoms with Crippen LogP contribution in [0, 0.1) is 0 Å². The SMILES string of the molecule is CCN(CCCCCC(C)F)C(=O)CCC(=O)c1ccc(NS(C)(=O)=O)cc1. The second kappa shape index (κ2) is 11.8. The predicted molar refractivity (Wildman–Crippen MR) is 110 cm³/mol. The fourth-order valence-electron chi connectivity index (χ4n) is 2.83. The predicted octanol–water partition coefficient (Wildman–Crippen LogP) is 3.79. The number of alkyl halides is 1. The molecule has 1 aromatic rings. The minimum Gasteiger partial charge on any atom is -0.343 e. The molecule has 0 fully saturated rings. The van der Waals surface area contributed by atoms with Gasteiger partial charge in [-0.2, -0.15) is 0 Å². The standard InChI is InChI=1S/C20H31FN2O4S/c1-4-23(15-7-5-6-8-16(2)21)20(25)14-13-19(24)17-9-11-18(12-10-17)22-28(3,26)27/h9-12,16,22H,4-8,13-15H2,1-3H3. The van der Waals surface area contributed by atoms with Crippen molar-refractivity contribution in [3.63, 3.8) is 0 Å². The smallest absolute Gasteiger partial charge is 0.229 e. The van der Waals surface area contributed by atoms with Crippen molar-refractivity contribution in [2.24, 2.45) is 0 Å². The molecule has 1 N–H and O–H groups in total. The Labute approximate surface area is 167 Å². The lowest BCUT2D eigenvalue weighted by Crippen LogP contribution is -2.32. The van der Waals surface area contributed by atoms with Crippen LogP contribution in [-0.2, 0) is 14.8 Å². The van der Waals surface area contributed by atoms with Gasteiger partial charge in [0.2, 0.25) is 15.9 Å². The lowest BCUT2D eigenvalue weighted by molar-refractivity contribution is -0.131. The second-order valence-corrected chi connectivity index (χ2v) is 8.73. The Balaban J connectivity index is 2.44. The van der Waals surface area contributed by atoms with Gasteiger partial charge in [-0.25, -0.2) is 12.8 Å². The maximum atomic E-state index is 12.8. The van der Waals surface area contributed by atoms with Gasteiger partial charge in [-0.3, -0.25) is 14.3 Å². The van der Waals surface area contributed by atoms with Gasteiger partial charge in [-0.15, -0.1) is 0 Å². The lowest BCUT2D eigenvalue weighted by Gasteiger charge is -2.20. The zero-order valence-corrected chi connectivity index (χ0v) is 17.7. The Morgan fingerprint density at radius 2 is 1.75 bits per heavy atom. The summed E-state index contributed by atoms with van der Waals surface area (Å²) >= 11 is 0. The molecular formula is C20H31FN2O4S. The van der Waals surface area contributed by atoms with Crippen LogP contribution in [0.25, 0.3) is 0 Å². The number of sulfonamides is 1. The molecule has 28 heavy (non-hydrogen) atoms. The first kappa shape index (κ1) is 24.1. The molecule has 158 valence electrons. The van der Waals surface area contributed by atoms with Crippen molar-refractivity contribution in [1.82, 2.24) is 4.90 Å². The maximum Gasteiger partial charge on any atom is 0.229 e. The van der Waals surface area contributed by atoms with Crippen molar-refractivity contribution < 1.29 is 22.4 Å². The van der Waals surface area contributed by atoms with Crippen LogP contribution in [0.5, 0.6) is 0 Å². The minimum atomic E-state index is -3.36. The van der Waals surface area contributed by atoms with Crippen molar-refractivity contribution >= 4 is 27.4 Å². The molecule has 0 aliphatic heterocycles. The Hall–Kier alpha value is -1.96. The molecule has 1 unspecified atom stereocenters. The van der Waals surface area contributed by atoms with Crippen LogP contribution in [0.4, 0.5) is 10.1 Å². The second-order valence-electron chi connectivity index (χ2n) is 6.98. The highest BCUT2D eigenvalue weighted by molar-refractivity contribution is 7.92. The Kier molecular flexibility index (Phi) is 10.1. The molecule has 1 atom stereocenters. The van der Waals surface area contributed by atoms with Gasteiger partial charge < -0.3 is 4.90 Å². The van der Waals surface area contributed by atoms with E-state index < -0.39 is 16.2 Å². The third-order valence-corrected chi connectivity index (χ3v) is 4.95. The van der Waals surface area contributed by atoms with Crippen LogP contribution >= 0.6 is 0 Å². The molecule has 8 heteroatoms. The molecule has 6 nitrogen and oxygen atoms in total. The van der Waals surface area contributed by atoms with E-state index in [0.29, 0.717) is 30.8 Å². The molecule has 0 saturated heterocycles. The summed E-state index contributed by atoms with van der Waals surface area (Å²) in [6, 6.07) is 6.13. The number of benzene rings is 1. The number of hydrogen-bond acceptors (Lipinski definition) is 4. The fourth-order valence-corrected chi connectivity index (χ4v) is 3.39. The Bertz CT molecular complexity index is 733. The molecule has 0 aliphatic rings. The summed E-state index contributed by atoms with van der Waals surface area (Å²) in [4.78, 5) is 26.3. The molecular weight excluding hydrogens is 383 g/mol. The topological polar surface area (TPSA) is 83.6 Å². The van der Waals surface area contributed by atoms with E-state index in [-0.39, 0.29) is 24.5 Å². The van der Waals surface area contributed by atoms with Crippen molar-refractivity contribution in [3.8, 4) is 0 Å². The molecule has 1 amide bonds. The fraction of sp³-hybridized carbons (Fsp3) is 0.600. The number of rotatable bonds is 13. The number of amides is 1. The summed E-state index contributed by atoms with van der Waals surface area (Å²) in [5.74, 6) is -0.225. The average Bonchev–Trinajstić information content (AvgIpc) is 2.61. The minimum absolute atomic E-state index is 0.0647. The van der Waals surface area contributed by atoms with Gasteiger partial charge in [-0.05, 0) is 51.0 Å². The first-order chi connectivity index (χ1) is 13.1. The summed E-state index contributed by atoms with van der Waals surface area (Å²) in [5.41, 5.74) is 0.824. The zero-order chi connectivity index (χ0) is 21.2. The molecule has 0 heterocycles. The van der Waals surface area contributed by atoms with Crippen molar-refractivity contribution in [1.29, 1.82) is 0 Å². The summed E-state index contributed by atoms with van der Waals surface area (Å²) in [6.07, 6.45) is 3.58. The van der Waals surface area contributed by atoms with Gasteiger partial charge in [0, 0.05) is 37.2 Å². The normalized spacial score (nSPS) is 12.4. The van der Waals surface area contributed by atoms with E-state index in [0.717, 1.165) is 25.5 Å². The highest BCUT2D eigenvalue weighted by Crippen LogP contribution is 2.14. The van der Waals surface area contributed by atoms with Crippen LogP contribution in [0.15, 0.2) is 24.3 Å². The molecule has 1 rings (SSSR count). The molecule has 0 aliphatic carbocycles. The van der Waals surface area contributed by atoms with Gasteiger partial charge in [0.1, 0.15) is 0 Å². The van der Waals surface area contributed by atoms with Crippen molar-refractivity contribution in [2.75, 3.05) is 24.1 Å². The van der Waals surface area contributed by atoms with Gasteiger partial charge in [-0.1, -0.05) is 12.8 Å². The number of nitrogens with one attached hydrogen (secondary N) is 1. The number of carbonyl (C=O) groups is 2. The highest BCUT2D eigenvalue weighted by Gasteiger charge is 2.14. The summed E-state index contributed by atoms with van der Waals surface area (Å²) in [6.45, 7) is 4.65. The Morgan fingerprint density at radius 3 is 2.29 bits per heavy atom. The van der Waals surface area contributed by atoms with Crippen molar-refractivity contribution in [2.45, 2.75) is 58.5 Å². The van der Waals surface area contributed by atoms with Gasteiger partial charge in [0.15, 0.2) is 5.78 Å². The number of carbonyl (C=O) groups excluding carboxylic acids is 2. The van der Waals surface area contributed by atoms with Gasteiger partial charge in [0.05, 0.1) is 12.4 Å². The van der Waals surface area contributed by atoms with Gasteiger partial charge >= 0.3 is 0 Å². The molecule has 0 radical (unpaired) electrons. The van der Waals surface area contributed by atoms with Gasteiger partial charge in [0.25, 0.3) is 0 Å². The van der Waals surface area contributed by atoms with E-state index in [9.17, 15) is 22.4 Å². The van der Waals surface area contributed by atoms with Crippen molar-refractivity contribution in [3.05, 3.63) is 29.8 Å². The van der Waals surface area contributed by atoms with E-state index in [4.69, 9.17) is 0 Å². The summed E-state index contributed by atoms with van der Waals surface area (Å²) < 4.78 is 37.5. The average molecular weight is 415 g/mol. The number of halogens is 1. The molecule has 1 aromatic carbocycles. The number of hydrogen-bond donors (Lipinski definition) is 1. The number of unbranched alkanes of at least 4 members (excludes halogenated alkanes) is 2. The van der Waals surface area contributed by atoms with Crippen LogP contribution < -0.4 is 4.72 Å². The number of ketones is 1. The molecule has 0 bridgehead atoms. The maximum absolute atomic E-state index is 12.8. The third kappa shape index (κ3) is 9.82. The number of nitrogens with zero attached hydrogens (tertiary/aromatic N) is 1. The largest absolute Gasteiger partial charge is 0.343 e. The highest BCUT2D eigenvalue weighted by atomic mass is 32.2. The van der Waals surface area contributed by atoms with Crippen LogP contribution in [0.2, 0.25) is 0 Å². The first-order valence-electron chi connectivity index (χ1n) is 9.65. The third-order valence-electron chi connectivity index (χ3n) is 4.34. The quantitative estimate of drug-likeness (QED) is 0.393. The lowest BCUT2D eigenvalue weighted by atomic mass is 10.1. The van der Waals surface area contributed by atoms with Crippen LogP contribution in [-0.4, -0.2) is 50.5 Å². The monoisotopic (exact) mass is 414 g/mol. The van der Waals surface area contributed by atoms with Crippen LogP contribution in [0.1, 0.15) is 62.7 Å². The van der Waals surface area contributed by atoms with E-state index in [1.54, 1.807) is 24.0 Å². The Morgan fingerprint density at radius 1 is 1.11 bits per heavy atom. The summed E-state index contributed by atoms with van der Waals surface area (Å²) in [5, 5.41) is 0. The molecule has 0 aromatic heterocycles. The molecule has 0 spiro atoms. The summed E-state index contributed by atoms with van der Waals surface area (Å²) in [7, 11) is -3.36. The van der Waals surface area contributed by atoms with E-state index in [1.807, 2.05) is 6.92 Å². The van der Waals surface area contributed by atoms with E-state index in [2.05, 4.69) is 4.72 Å². The molecule has 0 saturated carbocycles. The van der Waals surface area contributed by atoms with E-state index in [1.165, 1.54) is 12.1 Å². The number of Topliss-reactive ketones (excluding diaryl/α,β-unsaturated/α-hetero) is 1. The first-order valence-corrected chi connectivity index (χ1v) is 11.5. The van der Waals surface area contributed by atoms with E-state index >= 15 is 0 Å². The van der Waals surface area contributed by atoms with Crippen LogP contribution in [0.3, 0.4) is 0 Å².